The average molecular weight is 351 g/mol. The molecule has 5 heteroatoms. The zero-order valence-corrected chi connectivity index (χ0v) is 15.8. The van der Waals surface area contributed by atoms with Crippen LogP contribution in [0.25, 0.3) is 0 Å². The fourth-order valence-electron chi connectivity index (χ4n) is 5.00. The first kappa shape index (κ1) is 18.9. The van der Waals surface area contributed by atoms with Crippen LogP contribution in [0.15, 0.2) is 11.6 Å². The van der Waals surface area contributed by atoms with Crippen molar-refractivity contribution in [2.24, 2.45) is 23.2 Å². The molecule has 5 nitrogen and oxygen atoms in total. The van der Waals surface area contributed by atoms with E-state index >= 15 is 0 Å². The van der Waals surface area contributed by atoms with Crippen molar-refractivity contribution in [2.75, 3.05) is 26.3 Å². The van der Waals surface area contributed by atoms with Gasteiger partial charge in [-0.2, -0.15) is 0 Å². The molecule has 0 bridgehead atoms. The van der Waals surface area contributed by atoms with E-state index in [1.54, 1.807) is 0 Å². The lowest BCUT2D eigenvalue weighted by atomic mass is 9.55. The van der Waals surface area contributed by atoms with E-state index < -0.39 is 6.10 Å². The first-order valence-corrected chi connectivity index (χ1v) is 9.86. The minimum atomic E-state index is -0.519. The average Bonchev–Trinajstić information content (AvgIpc) is 2.89. The van der Waals surface area contributed by atoms with E-state index in [0.717, 1.165) is 45.4 Å². The molecule has 1 saturated heterocycles. The first-order chi connectivity index (χ1) is 12.0. The molecule has 0 aromatic rings. The number of hydrogen-bond donors (Lipinski definition) is 2. The van der Waals surface area contributed by atoms with E-state index in [9.17, 15) is 9.90 Å². The number of aliphatic hydroxyl groups excluding tert-OH is 1. The molecule has 142 valence electrons. The van der Waals surface area contributed by atoms with Crippen molar-refractivity contribution in [1.82, 2.24) is 5.32 Å². The lowest BCUT2D eigenvalue weighted by Crippen LogP contribution is -2.54. The van der Waals surface area contributed by atoms with E-state index in [4.69, 9.17) is 9.47 Å². The molecule has 2 N–H and O–H groups in total. The molecule has 1 saturated carbocycles. The number of rotatable bonds is 7. The summed E-state index contributed by atoms with van der Waals surface area (Å²) >= 11 is 0. The number of allylic oxidation sites excluding steroid dienone is 1. The Hall–Kier alpha value is -0.910. The van der Waals surface area contributed by atoms with Crippen LogP contribution in [0.3, 0.4) is 0 Å². The van der Waals surface area contributed by atoms with Gasteiger partial charge in [-0.15, -0.1) is 0 Å². The Morgan fingerprint density at radius 1 is 1.48 bits per heavy atom. The smallest absolute Gasteiger partial charge is 0.311 e. The number of fused-ring (bicyclic) bond motifs is 2. The van der Waals surface area contributed by atoms with Gasteiger partial charge in [0.05, 0.1) is 12.0 Å². The zero-order chi connectivity index (χ0) is 18.0. The zero-order valence-electron chi connectivity index (χ0n) is 15.8. The third-order valence-electron chi connectivity index (χ3n) is 6.78. The number of hydrogen-bond acceptors (Lipinski definition) is 5. The first-order valence-electron chi connectivity index (χ1n) is 9.86. The maximum atomic E-state index is 12.4. The van der Waals surface area contributed by atoms with Gasteiger partial charge in [-0.3, -0.25) is 4.79 Å². The maximum absolute atomic E-state index is 12.4. The quantitative estimate of drug-likeness (QED) is 0.418. The summed E-state index contributed by atoms with van der Waals surface area (Å²) in [5.74, 6) is -0.0741. The number of carbonyl (C=O) groups is 1. The summed E-state index contributed by atoms with van der Waals surface area (Å²) in [5, 5.41) is 14.6. The molecule has 0 spiro atoms. The van der Waals surface area contributed by atoms with Crippen LogP contribution >= 0.6 is 0 Å². The van der Waals surface area contributed by atoms with Gasteiger partial charge in [0, 0.05) is 37.5 Å². The summed E-state index contributed by atoms with van der Waals surface area (Å²) in [6.45, 7) is 9.26. The normalized spacial score (nSPS) is 40.2. The summed E-state index contributed by atoms with van der Waals surface area (Å²) in [7, 11) is 0. The van der Waals surface area contributed by atoms with Crippen LogP contribution in [0.2, 0.25) is 0 Å². The summed E-state index contributed by atoms with van der Waals surface area (Å²) in [5.41, 5.74) is 1.07. The van der Waals surface area contributed by atoms with E-state index in [0.29, 0.717) is 12.5 Å². The Labute approximate surface area is 151 Å². The van der Waals surface area contributed by atoms with Gasteiger partial charge in [-0.1, -0.05) is 25.5 Å². The molecular formula is C20H33NO4. The number of ether oxygens (including phenoxy) is 2. The summed E-state index contributed by atoms with van der Waals surface area (Å²) < 4.78 is 11.0. The monoisotopic (exact) mass is 351 g/mol. The van der Waals surface area contributed by atoms with Crippen molar-refractivity contribution >= 4 is 5.97 Å². The van der Waals surface area contributed by atoms with Crippen LogP contribution in [0, 0.1) is 23.2 Å². The molecule has 0 amide bonds. The van der Waals surface area contributed by atoms with Crippen LogP contribution in [-0.2, 0) is 14.3 Å². The summed E-state index contributed by atoms with van der Waals surface area (Å²) in [6, 6.07) is 0. The second-order valence-electron chi connectivity index (χ2n) is 8.05. The van der Waals surface area contributed by atoms with E-state index in [1.165, 1.54) is 5.57 Å². The Morgan fingerprint density at radius 2 is 2.28 bits per heavy atom. The van der Waals surface area contributed by atoms with E-state index in [1.807, 2.05) is 6.92 Å². The molecule has 3 aliphatic rings. The second-order valence-corrected chi connectivity index (χ2v) is 8.05. The fraction of sp³-hybridized carbons (Fsp3) is 0.850. The largest absolute Gasteiger partial charge is 0.461 e. The highest BCUT2D eigenvalue weighted by Gasteiger charge is 2.59. The molecule has 2 aliphatic carbocycles. The van der Waals surface area contributed by atoms with Gasteiger partial charge >= 0.3 is 5.97 Å². The number of esters is 1. The lowest BCUT2D eigenvalue weighted by molar-refractivity contribution is -0.144. The predicted octanol–water partition coefficient (Wildman–Crippen LogP) is 2.29. The predicted molar refractivity (Wildman–Crippen MR) is 96.1 cm³/mol. The third kappa shape index (κ3) is 3.38. The Bertz CT molecular complexity index is 520. The Morgan fingerprint density at radius 3 is 3.04 bits per heavy atom. The van der Waals surface area contributed by atoms with Crippen LogP contribution < -0.4 is 5.32 Å². The number of aliphatic hydroxyl groups is 1. The fourth-order valence-corrected chi connectivity index (χ4v) is 5.00. The van der Waals surface area contributed by atoms with Crippen LogP contribution in [0.5, 0.6) is 0 Å². The molecule has 0 aromatic carbocycles. The lowest BCUT2D eigenvalue weighted by Gasteiger charge is -2.51. The summed E-state index contributed by atoms with van der Waals surface area (Å²) in [4.78, 5) is 12.4. The Balaban J connectivity index is 1.66. The summed E-state index contributed by atoms with van der Waals surface area (Å²) in [6.07, 6.45) is 5.46. The van der Waals surface area contributed by atoms with Gasteiger partial charge in [-0.25, -0.2) is 0 Å². The molecule has 0 radical (unpaired) electrons. The Kier molecular flexibility index (Phi) is 5.86. The molecule has 3 rings (SSSR count). The van der Waals surface area contributed by atoms with Gasteiger partial charge < -0.3 is 19.9 Å². The van der Waals surface area contributed by atoms with Crippen LogP contribution in [-0.4, -0.2) is 49.6 Å². The van der Waals surface area contributed by atoms with Gasteiger partial charge in [0.15, 0.2) is 0 Å². The topological polar surface area (TPSA) is 67.8 Å². The van der Waals surface area contributed by atoms with Crippen molar-refractivity contribution < 1.29 is 19.4 Å². The van der Waals surface area contributed by atoms with Crippen molar-refractivity contribution in [2.45, 2.75) is 58.7 Å². The third-order valence-corrected chi connectivity index (χ3v) is 6.78. The van der Waals surface area contributed by atoms with Gasteiger partial charge in [0.25, 0.3) is 0 Å². The van der Waals surface area contributed by atoms with Crippen molar-refractivity contribution in [3.8, 4) is 0 Å². The van der Waals surface area contributed by atoms with Crippen LogP contribution in [0.4, 0.5) is 0 Å². The van der Waals surface area contributed by atoms with Gasteiger partial charge in [0.2, 0.25) is 0 Å². The highest BCUT2D eigenvalue weighted by Crippen LogP contribution is 2.55. The molecule has 0 unspecified atom stereocenters. The van der Waals surface area contributed by atoms with Gasteiger partial charge in [0.1, 0.15) is 6.10 Å². The van der Waals surface area contributed by atoms with Crippen molar-refractivity contribution in [1.29, 1.82) is 0 Å². The maximum Gasteiger partial charge on any atom is 0.311 e. The number of nitrogens with one attached hydrogen (secondary N) is 1. The highest BCUT2D eigenvalue weighted by atomic mass is 16.6. The molecule has 1 aliphatic heterocycles. The standard InChI is InChI=1S/C20H33NO4/c1-4-24-10-6-9-21-12-15-17-16(25-19(15)23)11-14-8-5-7-13(2)20(14,3)18(17)22/h8,13,15-18,21-22H,4-7,9-12H2,1-3H3/t13-,15-,16-,17+,18+,20-/m0/s1. The van der Waals surface area contributed by atoms with Crippen LogP contribution in [0.1, 0.15) is 46.5 Å². The minimum Gasteiger partial charge on any atom is -0.461 e. The molecule has 6 atom stereocenters. The molecule has 1 heterocycles. The molecule has 0 aromatic heterocycles. The molecule has 25 heavy (non-hydrogen) atoms. The molecular weight excluding hydrogens is 318 g/mol. The highest BCUT2D eigenvalue weighted by molar-refractivity contribution is 5.76. The van der Waals surface area contributed by atoms with Gasteiger partial charge in [-0.05, 0) is 38.6 Å². The molecule has 2 fully saturated rings. The number of carbonyl (C=O) groups excluding carboxylic acids is 1. The van der Waals surface area contributed by atoms with Crippen molar-refractivity contribution in [3.05, 3.63) is 11.6 Å². The second kappa shape index (κ2) is 7.77. The van der Waals surface area contributed by atoms with Crippen molar-refractivity contribution in [3.63, 3.8) is 0 Å². The SMILES string of the molecule is CCOCCCNC[C@@H]1C(=O)O[C@H]2CC3=CCC[C@H](C)[C@]3(C)[C@H](O)[C@@H]21. The van der Waals surface area contributed by atoms with E-state index in [2.05, 4.69) is 25.2 Å². The van der Waals surface area contributed by atoms with E-state index in [-0.39, 0.29) is 29.3 Å². The minimum absolute atomic E-state index is 0.102.